The molecular formula is C20H40. The Morgan fingerprint density at radius 2 is 1.45 bits per heavy atom. The fourth-order valence-corrected chi connectivity index (χ4v) is 3.08. The van der Waals surface area contributed by atoms with E-state index >= 15 is 0 Å². The van der Waals surface area contributed by atoms with E-state index in [1.807, 2.05) is 0 Å². The Hall–Kier alpha value is -0.260. The van der Waals surface area contributed by atoms with Crippen molar-refractivity contribution in [2.24, 2.45) is 11.3 Å². The lowest BCUT2D eigenvalue weighted by atomic mass is 9.80. The Morgan fingerprint density at radius 1 is 0.900 bits per heavy atom. The molecule has 0 aromatic carbocycles. The smallest absolute Gasteiger partial charge is 0.0236 e. The zero-order valence-electron chi connectivity index (χ0n) is 14.8. The molecule has 0 spiro atoms. The van der Waals surface area contributed by atoms with Crippen LogP contribution in [0.4, 0.5) is 0 Å². The largest absolute Gasteiger partial charge is 0.103 e. The van der Waals surface area contributed by atoms with Crippen molar-refractivity contribution in [3.05, 3.63) is 12.7 Å². The first-order valence-corrected chi connectivity index (χ1v) is 9.18. The number of unbranched alkanes of at least 4 members (excludes halogenated alkanes) is 1. The lowest BCUT2D eigenvalue weighted by molar-refractivity contribution is 0.266. The Labute approximate surface area is 129 Å². The highest BCUT2D eigenvalue weighted by Gasteiger charge is 2.17. The molecule has 0 bridgehead atoms. The van der Waals surface area contributed by atoms with Crippen molar-refractivity contribution < 1.29 is 0 Å². The van der Waals surface area contributed by atoms with E-state index in [-0.39, 0.29) is 0 Å². The van der Waals surface area contributed by atoms with Gasteiger partial charge in [-0.2, -0.15) is 0 Å². The summed E-state index contributed by atoms with van der Waals surface area (Å²) in [6, 6.07) is 0. The van der Waals surface area contributed by atoms with Crippen molar-refractivity contribution in [2.75, 3.05) is 0 Å². The fourth-order valence-electron chi connectivity index (χ4n) is 3.08. The Morgan fingerprint density at radius 3 is 1.90 bits per heavy atom. The normalized spacial score (nSPS) is 20.0. The topological polar surface area (TPSA) is 0 Å². The minimum atomic E-state index is 0.653. The van der Waals surface area contributed by atoms with Gasteiger partial charge in [-0.1, -0.05) is 85.1 Å². The molecule has 0 aromatic heterocycles. The maximum absolute atomic E-state index is 3.83. The predicted molar refractivity (Wildman–Crippen MR) is 94.2 cm³/mol. The van der Waals surface area contributed by atoms with Crippen LogP contribution in [0.5, 0.6) is 0 Å². The molecule has 0 aromatic rings. The third-order valence-electron chi connectivity index (χ3n) is 4.63. The Bertz CT molecular complexity index is 204. The summed E-state index contributed by atoms with van der Waals surface area (Å²) in [5.74, 6) is 0.782. The van der Waals surface area contributed by atoms with Gasteiger partial charge in [-0.05, 0) is 37.0 Å². The van der Waals surface area contributed by atoms with Crippen molar-refractivity contribution in [2.45, 2.75) is 105 Å². The van der Waals surface area contributed by atoms with Crippen molar-refractivity contribution >= 4 is 0 Å². The Balaban J connectivity index is 0.000000361. The van der Waals surface area contributed by atoms with E-state index in [2.05, 4.69) is 40.3 Å². The van der Waals surface area contributed by atoms with E-state index in [4.69, 9.17) is 0 Å². The van der Waals surface area contributed by atoms with Crippen LogP contribution in [-0.2, 0) is 0 Å². The highest BCUT2D eigenvalue weighted by molar-refractivity contribution is 4.78. The molecule has 0 saturated heterocycles. The third-order valence-corrected chi connectivity index (χ3v) is 4.63. The van der Waals surface area contributed by atoms with Gasteiger partial charge < -0.3 is 0 Å². The summed E-state index contributed by atoms with van der Waals surface area (Å²) in [5.41, 5.74) is 0.653. The summed E-state index contributed by atoms with van der Waals surface area (Å²) in [6.45, 7) is 13.1. The molecule has 1 saturated carbocycles. The molecule has 0 nitrogen and oxygen atoms in total. The SMILES string of the molecule is C=CC(CCC)CCCC.CC1(C)CCCCCCC1. The highest BCUT2D eigenvalue weighted by Crippen LogP contribution is 2.32. The van der Waals surface area contributed by atoms with Gasteiger partial charge in [0.15, 0.2) is 0 Å². The van der Waals surface area contributed by atoms with Crippen LogP contribution in [0, 0.1) is 11.3 Å². The second-order valence-electron chi connectivity index (χ2n) is 7.36. The fraction of sp³-hybridized carbons (Fsp3) is 0.900. The van der Waals surface area contributed by atoms with Gasteiger partial charge in [-0.15, -0.1) is 6.58 Å². The Kier molecular flexibility index (Phi) is 12.3. The zero-order chi connectivity index (χ0) is 15.3. The average Bonchev–Trinajstić information content (AvgIpc) is 2.40. The van der Waals surface area contributed by atoms with E-state index in [9.17, 15) is 0 Å². The molecule has 0 radical (unpaired) electrons. The van der Waals surface area contributed by atoms with Gasteiger partial charge in [0.25, 0.3) is 0 Å². The van der Waals surface area contributed by atoms with Crippen LogP contribution in [-0.4, -0.2) is 0 Å². The highest BCUT2D eigenvalue weighted by atomic mass is 14.2. The average molecular weight is 281 g/mol. The minimum absolute atomic E-state index is 0.653. The quantitative estimate of drug-likeness (QED) is 0.441. The first-order chi connectivity index (χ1) is 9.55. The van der Waals surface area contributed by atoms with E-state index in [0.29, 0.717) is 5.41 Å². The number of hydrogen-bond acceptors (Lipinski definition) is 0. The molecule has 20 heavy (non-hydrogen) atoms. The van der Waals surface area contributed by atoms with Gasteiger partial charge in [0.05, 0.1) is 0 Å². The van der Waals surface area contributed by atoms with E-state index in [1.165, 1.54) is 77.0 Å². The molecule has 0 amide bonds. The molecule has 1 aliphatic rings. The summed E-state index contributed by atoms with van der Waals surface area (Å²) < 4.78 is 0. The van der Waals surface area contributed by atoms with Gasteiger partial charge in [0.1, 0.15) is 0 Å². The molecule has 120 valence electrons. The zero-order valence-corrected chi connectivity index (χ0v) is 14.8. The van der Waals surface area contributed by atoms with Gasteiger partial charge in [0, 0.05) is 0 Å². The molecule has 0 aliphatic heterocycles. The molecule has 0 heteroatoms. The van der Waals surface area contributed by atoms with E-state index in [0.717, 1.165) is 5.92 Å². The maximum Gasteiger partial charge on any atom is -0.0236 e. The molecule has 1 rings (SSSR count). The molecular weight excluding hydrogens is 240 g/mol. The van der Waals surface area contributed by atoms with E-state index < -0.39 is 0 Å². The predicted octanol–water partition coefficient (Wildman–Crippen LogP) is 7.54. The molecule has 1 unspecified atom stereocenters. The van der Waals surface area contributed by atoms with Crippen LogP contribution >= 0.6 is 0 Å². The molecule has 1 fully saturated rings. The molecule has 0 N–H and O–H groups in total. The first kappa shape index (κ1) is 19.7. The monoisotopic (exact) mass is 280 g/mol. The van der Waals surface area contributed by atoms with Crippen molar-refractivity contribution in [3.63, 3.8) is 0 Å². The van der Waals surface area contributed by atoms with Crippen LogP contribution in [0.2, 0.25) is 0 Å². The molecule has 0 heterocycles. The standard InChI is InChI=1S/2C10H20/c1-10(2)8-6-4-3-5-7-9-10;1-4-7-9-10(6-3)8-5-2/h3-9H2,1-2H3;6,10H,3-5,7-9H2,1-2H3. The summed E-state index contributed by atoms with van der Waals surface area (Å²) in [4.78, 5) is 0. The van der Waals surface area contributed by atoms with Crippen LogP contribution in [0.1, 0.15) is 105 Å². The third kappa shape index (κ3) is 11.6. The van der Waals surface area contributed by atoms with Crippen LogP contribution in [0.3, 0.4) is 0 Å². The summed E-state index contributed by atoms with van der Waals surface area (Å²) in [5, 5.41) is 0. The second-order valence-corrected chi connectivity index (χ2v) is 7.36. The lowest BCUT2D eigenvalue weighted by Gasteiger charge is -2.26. The number of hydrogen-bond donors (Lipinski definition) is 0. The van der Waals surface area contributed by atoms with Gasteiger partial charge >= 0.3 is 0 Å². The summed E-state index contributed by atoms with van der Waals surface area (Å²) in [7, 11) is 0. The lowest BCUT2D eigenvalue weighted by Crippen LogP contribution is -2.12. The van der Waals surface area contributed by atoms with Crippen LogP contribution in [0.25, 0.3) is 0 Å². The molecule has 1 atom stereocenters. The molecule has 1 aliphatic carbocycles. The van der Waals surface area contributed by atoms with Gasteiger partial charge in [-0.25, -0.2) is 0 Å². The number of rotatable bonds is 6. The second kappa shape index (κ2) is 12.5. The van der Waals surface area contributed by atoms with Crippen LogP contribution in [0.15, 0.2) is 12.7 Å². The van der Waals surface area contributed by atoms with Crippen molar-refractivity contribution in [1.29, 1.82) is 0 Å². The summed E-state index contributed by atoms with van der Waals surface area (Å²) in [6.07, 6.45) is 19.0. The minimum Gasteiger partial charge on any atom is -0.103 e. The first-order valence-electron chi connectivity index (χ1n) is 9.18. The van der Waals surface area contributed by atoms with Gasteiger partial charge in [-0.3, -0.25) is 0 Å². The van der Waals surface area contributed by atoms with E-state index in [1.54, 1.807) is 0 Å². The maximum atomic E-state index is 3.83. The van der Waals surface area contributed by atoms with Crippen LogP contribution < -0.4 is 0 Å². The van der Waals surface area contributed by atoms with Crippen molar-refractivity contribution in [1.82, 2.24) is 0 Å². The number of allylic oxidation sites excluding steroid dienone is 1. The van der Waals surface area contributed by atoms with Gasteiger partial charge in [0.2, 0.25) is 0 Å². The summed E-state index contributed by atoms with van der Waals surface area (Å²) >= 11 is 0. The van der Waals surface area contributed by atoms with Crippen molar-refractivity contribution in [3.8, 4) is 0 Å².